The number of rotatable bonds is 7. The first-order chi connectivity index (χ1) is 17.4. The Balaban J connectivity index is 1.38. The largest absolute Gasteiger partial charge is 0.361 e. The highest BCUT2D eigenvalue weighted by molar-refractivity contribution is 6.00. The van der Waals surface area contributed by atoms with Crippen LogP contribution in [0.2, 0.25) is 0 Å². The number of hydrogen-bond acceptors (Lipinski definition) is 7. The van der Waals surface area contributed by atoms with E-state index < -0.39 is 6.03 Å². The number of Topliss-reactive ketones (excluding diaryl/α,β-unsaturated/α-hetero) is 1. The van der Waals surface area contributed by atoms with Crippen LogP contribution in [0.1, 0.15) is 41.9 Å². The number of imide groups is 1. The lowest BCUT2D eigenvalue weighted by atomic mass is 10.0. The zero-order valence-electron chi connectivity index (χ0n) is 21.3. The van der Waals surface area contributed by atoms with Gasteiger partial charge in [-0.3, -0.25) is 24.7 Å². The van der Waals surface area contributed by atoms with Crippen molar-refractivity contribution in [3.8, 4) is 0 Å². The van der Waals surface area contributed by atoms with Crippen LogP contribution in [0.25, 0.3) is 6.08 Å². The summed E-state index contributed by atoms with van der Waals surface area (Å²) in [7, 11) is 1.65. The molecule has 192 valence electrons. The highest BCUT2D eigenvalue weighted by atomic mass is 16.2. The first-order valence-electron chi connectivity index (χ1n) is 12.5. The third-order valence-electron chi connectivity index (χ3n) is 6.95. The zero-order chi connectivity index (χ0) is 25.7. The number of ketones is 1. The number of nitrogens with one attached hydrogen (secondary N) is 2. The fourth-order valence-corrected chi connectivity index (χ4v) is 4.93. The van der Waals surface area contributed by atoms with Gasteiger partial charge in [-0.2, -0.15) is 0 Å². The fraction of sp³-hybridized carbons (Fsp3) is 0.462. The Bertz CT molecular complexity index is 1120. The van der Waals surface area contributed by atoms with Gasteiger partial charge in [0.1, 0.15) is 0 Å². The Morgan fingerprint density at radius 1 is 1.22 bits per heavy atom. The van der Waals surface area contributed by atoms with E-state index in [1.165, 1.54) is 4.90 Å². The second-order valence-corrected chi connectivity index (χ2v) is 9.20. The van der Waals surface area contributed by atoms with Gasteiger partial charge in [0.25, 0.3) is 0 Å². The number of likely N-dealkylation sites (N-methyl/N-ethyl adjacent to an activating group) is 1. The van der Waals surface area contributed by atoms with Gasteiger partial charge in [-0.1, -0.05) is 25.2 Å². The SMILES string of the molecule is CCCN1C(N2CCN(CC(=O)c3c[nH]c4c3CC=CC=C4)CC2)=NCC(N(C)C(=O)NC=O)=C1C. The van der Waals surface area contributed by atoms with E-state index in [0.29, 0.717) is 19.5 Å². The number of H-pyrrole nitrogens is 1. The molecular weight excluding hydrogens is 458 g/mol. The second-order valence-electron chi connectivity index (χ2n) is 9.20. The molecule has 0 unspecified atom stereocenters. The lowest BCUT2D eigenvalue weighted by Gasteiger charge is -2.42. The highest BCUT2D eigenvalue weighted by Gasteiger charge is 2.30. The normalized spacial score (nSPS) is 18.0. The number of hydrogen-bond donors (Lipinski definition) is 2. The molecule has 1 saturated heterocycles. The summed E-state index contributed by atoms with van der Waals surface area (Å²) in [6.45, 7) is 8.73. The van der Waals surface area contributed by atoms with Crippen LogP contribution in [0, 0.1) is 0 Å². The van der Waals surface area contributed by atoms with Gasteiger partial charge >= 0.3 is 6.03 Å². The van der Waals surface area contributed by atoms with Crippen LogP contribution in [0.15, 0.2) is 40.8 Å². The molecule has 0 aromatic carbocycles. The number of piperazine rings is 1. The first-order valence-corrected chi connectivity index (χ1v) is 12.5. The number of urea groups is 1. The molecule has 10 heteroatoms. The van der Waals surface area contributed by atoms with Crippen LogP contribution in [0.4, 0.5) is 4.79 Å². The summed E-state index contributed by atoms with van der Waals surface area (Å²) in [6.07, 6.45) is 12.0. The van der Waals surface area contributed by atoms with E-state index in [-0.39, 0.29) is 5.78 Å². The minimum absolute atomic E-state index is 0.146. The van der Waals surface area contributed by atoms with Crippen molar-refractivity contribution >= 4 is 30.3 Å². The predicted molar refractivity (Wildman–Crippen MR) is 139 cm³/mol. The van der Waals surface area contributed by atoms with Crippen molar-refractivity contribution in [1.29, 1.82) is 0 Å². The summed E-state index contributed by atoms with van der Waals surface area (Å²) in [4.78, 5) is 52.1. The molecule has 0 spiro atoms. The molecule has 36 heavy (non-hydrogen) atoms. The van der Waals surface area contributed by atoms with Gasteiger partial charge in [0.15, 0.2) is 5.78 Å². The maximum Gasteiger partial charge on any atom is 0.327 e. The molecule has 1 fully saturated rings. The number of aliphatic imine (C=N–C) groups is 1. The molecule has 10 nitrogen and oxygen atoms in total. The van der Waals surface area contributed by atoms with E-state index in [1.807, 2.05) is 31.3 Å². The average molecular weight is 494 g/mol. The Hall–Kier alpha value is -3.66. The Morgan fingerprint density at radius 2 is 2.00 bits per heavy atom. The first kappa shape index (κ1) is 25.4. The summed E-state index contributed by atoms with van der Waals surface area (Å²) < 4.78 is 0. The van der Waals surface area contributed by atoms with Gasteiger partial charge in [0, 0.05) is 62.9 Å². The molecule has 0 radical (unpaired) electrons. The van der Waals surface area contributed by atoms with Gasteiger partial charge in [0.2, 0.25) is 12.4 Å². The van der Waals surface area contributed by atoms with E-state index in [2.05, 4.69) is 38.0 Å². The highest BCUT2D eigenvalue weighted by Crippen LogP contribution is 2.23. The monoisotopic (exact) mass is 493 g/mol. The number of aromatic amines is 1. The number of nitrogens with zero attached hydrogens (tertiary/aromatic N) is 5. The second kappa shape index (κ2) is 11.4. The van der Waals surface area contributed by atoms with Crippen molar-refractivity contribution in [2.45, 2.75) is 26.7 Å². The maximum absolute atomic E-state index is 13.1. The molecule has 2 N–H and O–H groups in total. The van der Waals surface area contributed by atoms with Crippen LogP contribution < -0.4 is 5.32 Å². The topological polar surface area (TPSA) is 104 Å². The number of allylic oxidation sites excluding steroid dienone is 4. The van der Waals surface area contributed by atoms with Crippen LogP contribution in [0.5, 0.6) is 0 Å². The Morgan fingerprint density at radius 3 is 2.72 bits per heavy atom. The minimum atomic E-state index is -0.473. The van der Waals surface area contributed by atoms with Gasteiger partial charge in [0.05, 0.1) is 18.8 Å². The Kier molecular flexibility index (Phi) is 8.04. The molecule has 0 saturated carbocycles. The number of amides is 3. The molecular formula is C26H35N7O3. The van der Waals surface area contributed by atoms with Crippen molar-refractivity contribution in [2.75, 3.05) is 52.9 Å². The van der Waals surface area contributed by atoms with Crippen molar-refractivity contribution in [3.63, 3.8) is 0 Å². The summed E-state index contributed by atoms with van der Waals surface area (Å²) in [5.41, 5.74) is 4.59. The van der Waals surface area contributed by atoms with Crippen molar-refractivity contribution in [2.24, 2.45) is 4.99 Å². The lowest BCUT2D eigenvalue weighted by Crippen LogP contribution is -2.55. The van der Waals surface area contributed by atoms with Crippen molar-refractivity contribution in [1.82, 2.24) is 29.9 Å². The van der Waals surface area contributed by atoms with Crippen LogP contribution in [-0.2, 0) is 11.2 Å². The van der Waals surface area contributed by atoms with E-state index in [4.69, 9.17) is 4.99 Å². The number of guanidine groups is 1. The number of fused-ring (bicyclic) bond motifs is 1. The predicted octanol–water partition coefficient (Wildman–Crippen LogP) is 2.05. The van der Waals surface area contributed by atoms with Crippen molar-refractivity contribution < 1.29 is 14.4 Å². The van der Waals surface area contributed by atoms with Gasteiger partial charge in [-0.25, -0.2) is 9.79 Å². The standard InChI is InChI=1S/C26H35N7O3/c1-4-10-33-19(2)23(30(3)26(36)29-18-34)16-28-25(33)32-13-11-31(12-14-32)17-24(35)21-15-27-22-9-7-5-6-8-20(21)22/h5-7,9,15,18,27H,4,8,10-14,16-17H2,1-3H3,(H,29,34,36). The maximum atomic E-state index is 13.1. The Labute approximate surface area is 212 Å². The summed E-state index contributed by atoms with van der Waals surface area (Å²) in [5, 5.41) is 2.19. The smallest absolute Gasteiger partial charge is 0.327 e. The molecule has 1 aromatic rings. The summed E-state index contributed by atoms with van der Waals surface area (Å²) in [6, 6.07) is -0.473. The molecule has 1 aromatic heterocycles. The molecule has 3 amide bonds. The summed E-state index contributed by atoms with van der Waals surface area (Å²) >= 11 is 0. The van der Waals surface area contributed by atoms with Gasteiger partial charge < -0.3 is 14.8 Å². The van der Waals surface area contributed by atoms with E-state index in [0.717, 1.165) is 79.7 Å². The lowest BCUT2D eigenvalue weighted by molar-refractivity contribution is -0.108. The van der Waals surface area contributed by atoms with E-state index in [9.17, 15) is 14.4 Å². The van der Waals surface area contributed by atoms with Crippen molar-refractivity contribution in [3.05, 3.63) is 52.6 Å². The molecule has 1 aliphatic carbocycles. The quantitative estimate of drug-likeness (QED) is 0.445. The molecule has 3 aliphatic rings. The minimum Gasteiger partial charge on any atom is -0.361 e. The average Bonchev–Trinajstić information content (AvgIpc) is 3.14. The van der Waals surface area contributed by atoms with Crippen LogP contribution in [-0.4, -0.2) is 102 Å². The molecule has 2 aliphatic heterocycles. The fourth-order valence-electron chi connectivity index (χ4n) is 4.93. The summed E-state index contributed by atoms with van der Waals surface area (Å²) in [5.74, 6) is 1.05. The van der Waals surface area contributed by atoms with Crippen LogP contribution in [0.3, 0.4) is 0 Å². The number of aromatic nitrogens is 1. The van der Waals surface area contributed by atoms with E-state index >= 15 is 0 Å². The van der Waals surface area contributed by atoms with Gasteiger partial charge in [-0.15, -0.1) is 0 Å². The van der Waals surface area contributed by atoms with E-state index in [1.54, 1.807) is 7.05 Å². The van der Waals surface area contributed by atoms with Gasteiger partial charge in [-0.05, 0) is 31.4 Å². The molecule has 3 heterocycles. The number of carbonyl (C=O) groups excluding carboxylic acids is 3. The third-order valence-corrected chi connectivity index (χ3v) is 6.95. The molecule has 0 bridgehead atoms. The molecule has 4 rings (SSSR count). The van der Waals surface area contributed by atoms with Crippen LogP contribution >= 0.6 is 0 Å². The number of carbonyl (C=O) groups is 3. The molecule has 0 atom stereocenters. The zero-order valence-corrected chi connectivity index (χ0v) is 21.3. The third kappa shape index (κ3) is 5.28.